The predicted molar refractivity (Wildman–Crippen MR) is 73.9 cm³/mol. The third-order valence-corrected chi connectivity index (χ3v) is 3.07. The quantitative estimate of drug-likeness (QED) is 0.684. The molecule has 0 bridgehead atoms. The van der Waals surface area contributed by atoms with Crippen molar-refractivity contribution in [2.45, 2.75) is 13.5 Å². The molecule has 0 unspecified atom stereocenters. The fourth-order valence-electron chi connectivity index (χ4n) is 2.11. The first kappa shape index (κ1) is 14.0. The number of rotatable bonds is 4. The van der Waals surface area contributed by atoms with E-state index in [0.717, 1.165) is 11.1 Å². The van der Waals surface area contributed by atoms with Crippen molar-refractivity contribution < 1.29 is 9.90 Å². The summed E-state index contributed by atoms with van der Waals surface area (Å²) in [6.45, 7) is 2.12. The van der Waals surface area contributed by atoms with Gasteiger partial charge in [0, 0.05) is 6.54 Å². The minimum absolute atomic E-state index is 0.108. The van der Waals surface area contributed by atoms with Gasteiger partial charge in [-0.3, -0.25) is 19.3 Å². The van der Waals surface area contributed by atoms with Crippen LogP contribution in [-0.2, 0) is 11.3 Å². The van der Waals surface area contributed by atoms with Crippen LogP contribution in [0.2, 0.25) is 0 Å². The number of hydrogen-bond acceptors (Lipinski definition) is 4. The number of carboxylic acids is 1. The van der Waals surface area contributed by atoms with Crippen molar-refractivity contribution >= 4 is 17.0 Å². The van der Waals surface area contributed by atoms with Crippen LogP contribution in [0.1, 0.15) is 11.1 Å². The van der Waals surface area contributed by atoms with Crippen molar-refractivity contribution in [1.82, 2.24) is 14.9 Å². The highest BCUT2D eigenvalue weighted by Crippen LogP contribution is 2.18. The monoisotopic (exact) mass is 277 g/mol. The van der Waals surface area contributed by atoms with Crippen LogP contribution in [0.3, 0.4) is 0 Å². The molecule has 3 N–H and O–H groups in total. The number of hydrogen-bond donors (Lipinski definition) is 3. The minimum Gasteiger partial charge on any atom is -0.480 e. The number of nitrogens with one attached hydrogen (secondary N) is 2. The maximum atomic E-state index is 11.5. The van der Waals surface area contributed by atoms with Gasteiger partial charge in [0.25, 0.3) is 0 Å². The van der Waals surface area contributed by atoms with Crippen LogP contribution in [0.15, 0.2) is 21.7 Å². The van der Waals surface area contributed by atoms with E-state index < -0.39 is 17.1 Å². The number of aryl methyl sites for hydroxylation is 1. The van der Waals surface area contributed by atoms with Crippen LogP contribution < -0.4 is 11.1 Å². The lowest BCUT2D eigenvalue weighted by atomic mass is 10.1. The fourth-order valence-corrected chi connectivity index (χ4v) is 2.11. The number of carbonyl (C=O) groups is 1. The molecule has 1 aromatic heterocycles. The summed E-state index contributed by atoms with van der Waals surface area (Å²) in [5, 5.41) is 8.78. The zero-order valence-electron chi connectivity index (χ0n) is 11.2. The van der Waals surface area contributed by atoms with E-state index >= 15 is 0 Å². The van der Waals surface area contributed by atoms with E-state index in [0.29, 0.717) is 17.6 Å². The van der Waals surface area contributed by atoms with Gasteiger partial charge in [-0.2, -0.15) is 0 Å². The molecule has 0 amide bonds. The Hall–Kier alpha value is -2.41. The summed E-state index contributed by atoms with van der Waals surface area (Å²) >= 11 is 0. The van der Waals surface area contributed by atoms with E-state index in [1.54, 1.807) is 18.0 Å². The van der Waals surface area contributed by atoms with Gasteiger partial charge in [0.15, 0.2) is 0 Å². The highest BCUT2D eigenvalue weighted by atomic mass is 16.4. The molecule has 0 radical (unpaired) electrons. The lowest BCUT2D eigenvalue weighted by Crippen LogP contribution is -2.30. The van der Waals surface area contributed by atoms with Crippen LogP contribution >= 0.6 is 0 Å². The van der Waals surface area contributed by atoms with Crippen LogP contribution in [0.25, 0.3) is 11.0 Å². The van der Waals surface area contributed by atoms with E-state index in [9.17, 15) is 14.4 Å². The second-order valence-corrected chi connectivity index (χ2v) is 4.76. The van der Waals surface area contributed by atoms with E-state index in [1.807, 2.05) is 13.0 Å². The van der Waals surface area contributed by atoms with Crippen LogP contribution in [-0.4, -0.2) is 39.5 Å². The first-order chi connectivity index (χ1) is 9.38. The van der Waals surface area contributed by atoms with Crippen molar-refractivity contribution in [2.75, 3.05) is 13.6 Å². The second-order valence-electron chi connectivity index (χ2n) is 4.76. The first-order valence-corrected chi connectivity index (χ1v) is 6.03. The SMILES string of the molecule is Cc1ccc2[nH]c(=O)c(=O)[nH]c2c1CN(C)CC(=O)O. The standard InChI is InChI=1S/C13H15N3O4/c1-7-3-4-9-11(15-13(20)12(19)14-9)8(7)5-16(2)6-10(17)18/h3-4H,5-6H2,1-2H3,(H,14,19)(H,15,20)(H,17,18). The molecule has 0 aliphatic heterocycles. The molecule has 106 valence electrons. The Balaban J connectivity index is 2.53. The van der Waals surface area contributed by atoms with Gasteiger partial charge in [0.05, 0.1) is 17.6 Å². The van der Waals surface area contributed by atoms with E-state index in [2.05, 4.69) is 9.97 Å². The molecular weight excluding hydrogens is 262 g/mol. The van der Waals surface area contributed by atoms with Crippen molar-refractivity contribution in [2.24, 2.45) is 0 Å². The van der Waals surface area contributed by atoms with Gasteiger partial charge in [0.2, 0.25) is 0 Å². The summed E-state index contributed by atoms with van der Waals surface area (Å²) in [5.74, 6) is -0.924. The van der Waals surface area contributed by atoms with Gasteiger partial charge in [-0.25, -0.2) is 0 Å². The first-order valence-electron chi connectivity index (χ1n) is 6.03. The summed E-state index contributed by atoms with van der Waals surface area (Å²) in [5.41, 5.74) is 1.35. The smallest absolute Gasteiger partial charge is 0.317 e. The number of aromatic nitrogens is 2. The van der Waals surface area contributed by atoms with E-state index in [4.69, 9.17) is 5.11 Å². The molecule has 0 aliphatic rings. The Labute approximate surface area is 113 Å². The zero-order chi connectivity index (χ0) is 14.9. The molecule has 7 heteroatoms. The third-order valence-electron chi connectivity index (χ3n) is 3.07. The average Bonchev–Trinajstić information content (AvgIpc) is 2.34. The number of benzene rings is 1. The molecule has 7 nitrogen and oxygen atoms in total. The van der Waals surface area contributed by atoms with Gasteiger partial charge >= 0.3 is 17.1 Å². The summed E-state index contributed by atoms with van der Waals surface area (Å²) in [7, 11) is 1.68. The normalized spacial score (nSPS) is 11.2. The molecule has 2 rings (SSSR count). The summed E-state index contributed by atoms with van der Waals surface area (Å²) in [4.78, 5) is 40.1. The predicted octanol–water partition coefficient (Wildman–Crippen LogP) is 0.0412. The number of likely N-dealkylation sites (N-methyl/N-ethyl adjacent to an activating group) is 1. The molecule has 0 atom stereocenters. The Bertz CT molecular complexity index is 775. The van der Waals surface area contributed by atoms with Gasteiger partial charge in [-0.15, -0.1) is 0 Å². The van der Waals surface area contributed by atoms with Crippen LogP contribution in [0.4, 0.5) is 0 Å². The zero-order valence-corrected chi connectivity index (χ0v) is 11.2. The molecule has 1 heterocycles. The van der Waals surface area contributed by atoms with Gasteiger partial charge < -0.3 is 15.1 Å². The summed E-state index contributed by atoms with van der Waals surface area (Å²) in [6, 6.07) is 3.53. The highest BCUT2D eigenvalue weighted by Gasteiger charge is 2.12. The van der Waals surface area contributed by atoms with Crippen LogP contribution in [0.5, 0.6) is 0 Å². The van der Waals surface area contributed by atoms with Gasteiger partial charge in [0.1, 0.15) is 0 Å². The second kappa shape index (κ2) is 5.30. The van der Waals surface area contributed by atoms with Crippen molar-refractivity contribution in [3.8, 4) is 0 Å². The molecule has 0 spiro atoms. The number of aromatic amines is 2. The summed E-state index contributed by atoms with van der Waals surface area (Å²) in [6.07, 6.45) is 0. The average molecular weight is 277 g/mol. The maximum absolute atomic E-state index is 11.5. The number of nitrogens with zero attached hydrogens (tertiary/aromatic N) is 1. The van der Waals surface area contributed by atoms with Crippen molar-refractivity contribution in [1.29, 1.82) is 0 Å². The number of aliphatic carboxylic acids is 1. The molecule has 0 saturated carbocycles. The Morgan fingerprint density at radius 1 is 1.25 bits per heavy atom. The number of carboxylic acid groups (broad SMARTS) is 1. The third kappa shape index (κ3) is 2.77. The molecule has 20 heavy (non-hydrogen) atoms. The fraction of sp³-hybridized carbons (Fsp3) is 0.308. The van der Waals surface area contributed by atoms with E-state index in [-0.39, 0.29) is 6.54 Å². The van der Waals surface area contributed by atoms with E-state index in [1.165, 1.54) is 0 Å². The molecule has 1 aromatic carbocycles. The largest absolute Gasteiger partial charge is 0.480 e. The van der Waals surface area contributed by atoms with Crippen LogP contribution in [0, 0.1) is 6.92 Å². The van der Waals surface area contributed by atoms with Gasteiger partial charge in [-0.05, 0) is 31.2 Å². The topological polar surface area (TPSA) is 106 Å². The maximum Gasteiger partial charge on any atom is 0.317 e. The number of fused-ring (bicyclic) bond motifs is 1. The van der Waals surface area contributed by atoms with Gasteiger partial charge in [-0.1, -0.05) is 6.07 Å². The Kier molecular flexibility index (Phi) is 3.71. The Morgan fingerprint density at radius 3 is 2.55 bits per heavy atom. The van der Waals surface area contributed by atoms with Crippen molar-refractivity contribution in [3.05, 3.63) is 44.0 Å². The summed E-state index contributed by atoms with van der Waals surface area (Å²) < 4.78 is 0. The Morgan fingerprint density at radius 2 is 1.90 bits per heavy atom. The molecule has 0 fully saturated rings. The lowest BCUT2D eigenvalue weighted by molar-refractivity contribution is -0.138. The number of H-pyrrole nitrogens is 2. The minimum atomic E-state index is -0.924. The lowest BCUT2D eigenvalue weighted by Gasteiger charge is -2.17. The molecule has 0 aliphatic carbocycles. The molecule has 0 saturated heterocycles. The van der Waals surface area contributed by atoms with Crippen molar-refractivity contribution in [3.63, 3.8) is 0 Å². The highest BCUT2D eigenvalue weighted by molar-refractivity contribution is 5.79. The molecular formula is C13H15N3O4. The molecule has 2 aromatic rings.